The Labute approximate surface area is 182 Å². The standard InChI is InChI=1S/C22H23F3N4O3/c1-31-18-10-6-17(7-11-18)29-21(30)26-20(27-29)16-3-2-12-28(14-16)13-15-4-8-19(9-5-15)32-22(23,24)25/h4-11,16H,2-3,12-14H2,1H3,(H,26,27,30)/t16-/m0/s1. The molecule has 0 bridgehead atoms. The van der Waals surface area contributed by atoms with Crippen LogP contribution in [-0.4, -0.2) is 46.2 Å². The normalized spacial score (nSPS) is 17.3. The van der Waals surface area contributed by atoms with E-state index in [4.69, 9.17) is 4.74 Å². The number of rotatable bonds is 6. The third-order valence-electron chi connectivity index (χ3n) is 5.41. The van der Waals surface area contributed by atoms with Gasteiger partial charge >= 0.3 is 12.1 Å². The average molecular weight is 448 g/mol. The molecular weight excluding hydrogens is 425 g/mol. The van der Waals surface area contributed by atoms with Crippen molar-refractivity contribution in [2.24, 2.45) is 0 Å². The molecule has 0 amide bonds. The molecule has 3 aromatic rings. The summed E-state index contributed by atoms with van der Waals surface area (Å²) in [6.07, 6.45) is -2.88. The summed E-state index contributed by atoms with van der Waals surface area (Å²) in [5, 5.41) is 4.50. The first kappa shape index (κ1) is 21.9. The Morgan fingerprint density at radius 2 is 1.78 bits per heavy atom. The van der Waals surface area contributed by atoms with E-state index in [2.05, 4.69) is 19.7 Å². The largest absolute Gasteiger partial charge is 0.573 e. The minimum Gasteiger partial charge on any atom is -0.497 e. The van der Waals surface area contributed by atoms with Crippen molar-refractivity contribution in [3.05, 3.63) is 70.4 Å². The van der Waals surface area contributed by atoms with Gasteiger partial charge in [-0.2, -0.15) is 4.68 Å². The van der Waals surface area contributed by atoms with Crippen molar-refractivity contribution in [1.82, 2.24) is 19.7 Å². The lowest BCUT2D eigenvalue weighted by atomic mass is 9.97. The van der Waals surface area contributed by atoms with Gasteiger partial charge in [0.15, 0.2) is 0 Å². The molecule has 0 spiro atoms. The van der Waals surface area contributed by atoms with Crippen LogP contribution in [0.5, 0.6) is 11.5 Å². The first-order valence-corrected chi connectivity index (χ1v) is 10.2. The highest BCUT2D eigenvalue weighted by atomic mass is 19.4. The lowest BCUT2D eigenvalue weighted by Crippen LogP contribution is -2.34. The first-order valence-electron chi connectivity index (χ1n) is 10.2. The van der Waals surface area contributed by atoms with Crippen LogP contribution in [-0.2, 0) is 6.54 Å². The monoisotopic (exact) mass is 448 g/mol. The number of methoxy groups -OCH3 is 1. The van der Waals surface area contributed by atoms with Crippen LogP contribution in [0.4, 0.5) is 13.2 Å². The molecular formula is C22H23F3N4O3. The van der Waals surface area contributed by atoms with E-state index in [-0.39, 0.29) is 17.4 Å². The van der Waals surface area contributed by atoms with Gasteiger partial charge in [-0.15, -0.1) is 18.3 Å². The lowest BCUT2D eigenvalue weighted by molar-refractivity contribution is -0.274. The van der Waals surface area contributed by atoms with Crippen molar-refractivity contribution < 1.29 is 22.6 Å². The molecule has 2 heterocycles. The van der Waals surface area contributed by atoms with E-state index in [1.54, 1.807) is 43.5 Å². The molecule has 1 atom stereocenters. The summed E-state index contributed by atoms with van der Waals surface area (Å²) >= 11 is 0. The van der Waals surface area contributed by atoms with Gasteiger partial charge in [0, 0.05) is 19.0 Å². The summed E-state index contributed by atoms with van der Waals surface area (Å²) < 4.78 is 47.4. The zero-order valence-corrected chi connectivity index (χ0v) is 17.4. The predicted molar refractivity (Wildman–Crippen MR) is 111 cm³/mol. The molecule has 1 aliphatic rings. The molecule has 0 saturated carbocycles. The summed E-state index contributed by atoms with van der Waals surface area (Å²) in [6.45, 7) is 2.14. The zero-order chi connectivity index (χ0) is 22.7. The van der Waals surface area contributed by atoms with Crippen molar-refractivity contribution >= 4 is 0 Å². The van der Waals surface area contributed by atoms with Gasteiger partial charge in [-0.1, -0.05) is 12.1 Å². The van der Waals surface area contributed by atoms with E-state index in [0.29, 0.717) is 30.4 Å². The van der Waals surface area contributed by atoms with Gasteiger partial charge in [0.1, 0.15) is 17.3 Å². The molecule has 1 saturated heterocycles. The van der Waals surface area contributed by atoms with Crippen LogP contribution in [0.3, 0.4) is 0 Å². The summed E-state index contributed by atoms with van der Waals surface area (Å²) in [5.41, 5.74) is 1.23. The Hall–Kier alpha value is -3.27. The fourth-order valence-corrected chi connectivity index (χ4v) is 3.90. The molecule has 32 heavy (non-hydrogen) atoms. The molecule has 1 aromatic heterocycles. The Balaban J connectivity index is 1.42. The van der Waals surface area contributed by atoms with E-state index in [9.17, 15) is 18.0 Å². The molecule has 0 aliphatic carbocycles. The highest BCUT2D eigenvalue weighted by Gasteiger charge is 2.31. The maximum Gasteiger partial charge on any atom is 0.573 e. The number of nitrogens with zero attached hydrogens (tertiary/aromatic N) is 3. The van der Waals surface area contributed by atoms with Crippen LogP contribution >= 0.6 is 0 Å². The second kappa shape index (κ2) is 9.07. The molecule has 170 valence electrons. The van der Waals surface area contributed by atoms with Gasteiger partial charge in [0.2, 0.25) is 0 Å². The number of alkyl halides is 3. The Bertz CT molecular complexity index is 1090. The van der Waals surface area contributed by atoms with Crippen molar-refractivity contribution in [2.75, 3.05) is 20.2 Å². The van der Waals surface area contributed by atoms with E-state index < -0.39 is 6.36 Å². The smallest absolute Gasteiger partial charge is 0.497 e. The van der Waals surface area contributed by atoms with Gasteiger partial charge in [-0.3, -0.25) is 9.88 Å². The van der Waals surface area contributed by atoms with Gasteiger partial charge in [0.25, 0.3) is 0 Å². The fourth-order valence-electron chi connectivity index (χ4n) is 3.90. The fraction of sp³-hybridized carbons (Fsp3) is 0.364. The van der Waals surface area contributed by atoms with Gasteiger partial charge in [0.05, 0.1) is 12.8 Å². The second-order valence-electron chi connectivity index (χ2n) is 7.69. The minimum atomic E-state index is -4.70. The van der Waals surface area contributed by atoms with E-state index >= 15 is 0 Å². The molecule has 7 nitrogen and oxygen atoms in total. The minimum absolute atomic E-state index is 0.0591. The predicted octanol–water partition coefficient (Wildman–Crippen LogP) is 3.85. The van der Waals surface area contributed by atoms with Crippen molar-refractivity contribution in [1.29, 1.82) is 0 Å². The van der Waals surface area contributed by atoms with E-state index in [0.717, 1.165) is 24.9 Å². The molecule has 0 unspecified atom stereocenters. The molecule has 1 fully saturated rings. The van der Waals surface area contributed by atoms with Crippen LogP contribution in [0.1, 0.15) is 30.1 Å². The first-order chi connectivity index (χ1) is 15.3. The lowest BCUT2D eigenvalue weighted by Gasteiger charge is -2.31. The number of H-pyrrole nitrogens is 1. The third-order valence-corrected chi connectivity index (χ3v) is 5.41. The Morgan fingerprint density at radius 1 is 1.09 bits per heavy atom. The molecule has 10 heteroatoms. The number of aromatic amines is 1. The Kier molecular flexibility index (Phi) is 6.22. The van der Waals surface area contributed by atoms with Gasteiger partial charge < -0.3 is 9.47 Å². The van der Waals surface area contributed by atoms with Gasteiger partial charge in [-0.05, 0) is 61.3 Å². The highest BCUT2D eigenvalue weighted by Crippen LogP contribution is 2.27. The van der Waals surface area contributed by atoms with E-state index in [1.165, 1.54) is 16.8 Å². The van der Waals surface area contributed by atoms with Crippen LogP contribution in [0.2, 0.25) is 0 Å². The molecule has 1 N–H and O–H groups in total. The highest BCUT2D eigenvalue weighted by molar-refractivity contribution is 5.36. The topological polar surface area (TPSA) is 72.4 Å². The molecule has 0 radical (unpaired) electrons. The zero-order valence-electron chi connectivity index (χ0n) is 17.4. The van der Waals surface area contributed by atoms with E-state index in [1.807, 2.05) is 0 Å². The van der Waals surface area contributed by atoms with Crippen LogP contribution in [0, 0.1) is 0 Å². The molecule has 4 rings (SSSR count). The number of aromatic nitrogens is 3. The number of hydrogen-bond donors (Lipinski definition) is 1. The number of halogens is 3. The van der Waals surface area contributed by atoms with Crippen molar-refractivity contribution in [3.63, 3.8) is 0 Å². The third kappa shape index (κ3) is 5.31. The van der Waals surface area contributed by atoms with Crippen LogP contribution in [0.15, 0.2) is 53.3 Å². The summed E-state index contributed by atoms with van der Waals surface area (Å²) in [4.78, 5) is 17.5. The number of likely N-dealkylation sites (tertiary alicyclic amines) is 1. The molecule has 1 aliphatic heterocycles. The number of benzene rings is 2. The molecule has 2 aromatic carbocycles. The summed E-state index contributed by atoms with van der Waals surface area (Å²) in [7, 11) is 1.58. The SMILES string of the molecule is COc1ccc(-n2nc([C@H]3CCCN(Cc4ccc(OC(F)(F)F)cc4)C3)[nH]c2=O)cc1. The van der Waals surface area contributed by atoms with Crippen molar-refractivity contribution in [3.8, 4) is 17.2 Å². The number of piperidine rings is 1. The summed E-state index contributed by atoms with van der Waals surface area (Å²) in [6, 6.07) is 13.0. The number of hydrogen-bond acceptors (Lipinski definition) is 5. The average Bonchev–Trinajstić information content (AvgIpc) is 3.16. The van der Waals surface area contributed by atoms with Crippen molar-refractivity contribution in [2.45, 2.75) is 31.7 Å². The maximum absolute atomic E-state index is 12.4. The number of ether oxygens (including phenoxy) is 2. The van der Waals surface area contributed by atoms with Gasteiger partial charge in [-0.25, -0.2) is 4.79 Å². The number of nitrogens with one attached hydrogen (secondary N) is 1. The second-order valence-corrected chi connectivity index (χ2v) is 7.69. The quantitative estimate of drug-likeness (QED) is 0.620. The Morgan fingerprint density at radius 3 is 2.44 bits per heavy atom. The summed E-state index contributed by atoms with van der Waals surface area (Å²) in [5.74, 6) is 1.14. The van der Waals surface area contributed by atoms with Crippen LogP contribution in [0.25, 0.3) is 5.69 Å². The van der Waals surface area contributed by atoms with Crippen LogP contribution < -0.4 is 15.2 Å². The maximum atomic E-state index is 12.4.